The van der Waals surface area contributed by atoms with Gasteiger partial charge in [0.25, 0.3) is 0 Å². The lowest BCUT2D eigenvalue weighted by Gasteiger charge is -2.22. The zero-order valence-corrected chi connectivity index (χ0v) is 15.6. The Hall–Kier alpha value is -1.81. The smallest absolute Gasteiger partial charge is 0.330 e. The molecule has 0 saturated carbocycles. The minimum absolute atomic E-state index is 0.164. The molecule has 0 radical (unpaired) electrons. The number of allylic oxidation sites excluding steroid dienone is 1. The highest BCUT2D eigenvalue weighted by atomic mass is 16.5. The second-order valence-corrected chi connectivity index (χ2v) is 6.45. The van der Waals surface area contributed by atoms with E-state index < -0.39 is 0 Å². The van der Waals surface area contributed by atoms with Gasteiger partial charge in [-0.25, -0.2) is 4.79 Å². The first kappa shape index (κ1) is 20.2. The van der Waals surface area contributed by atoms with Gasteiger partial charge in [-0.15, -0.1) is 0 Å². The van der Waals surface area contributed by atoms with Gasteiger partial charge in [-0.1, -0.05) is 17.7 Å². The van der Waals surface area contributed by atoms with Gasteiger partial charge >= 0.3 is 5.97 Å². The maximum Gasteiger partial charge on any atom is 0.330 e. The van der Waals surface area contributed by atoms with E-state index in [1.807, 2.05) is 32.9 Å². The summed E-state index contributed by atoms with van der Waals surface area (Å²) in [4.78, 5) is 11.4. The van der Waals surface area contributed by atoms with Crippen LogP contribution in [0.3, 0.4) is 0 Å². The summed E-state index contributed by atoms with van der Waals surface area (Å²) in [6.45, 7) is 8.89. The summed E-state index contributed by atoms with van der Waals surface area (Å²) >= 11 is 0. The molecule has 134 valence electrons. The van der Waals surface area contributed by atoms with Crippen molar-refractivity contribution in [3.8, 4) is 5.75 Å². The lowest BCUT2D eigenvalue weighted by atomic mass is 10.1. The number of carbonyl (C=O) groups excluding carboxylic acids is 1. The highest BCUT2D eigenvalue weighted by molar-refractivity contribution is 5.82. The Balaban J connectivity index is 2.41. The summed E-state index contributed by atoms with van der Waals surface area (Å²) in [5, 5.41) is 0. The monoisotopic (exact) mass is 334 g/mol. The Labute approximate surface area is 145 Å². The van der Waals surface area contributed by atoms with Crippen LogP contribution in [-0.4, -0.2) is 31.9 Å². The van der Waals surface area contributed by atoms with Gasteiger partial charge in [0.1, 0.15) is 5.75 Å². The van der Waals surface area contributed by atoms with Crippen molar-refractivity contribution in [1.29, 1.82) is 0 Å². The van der Waals surface area contributed by atoms with Crippen LogP contribution in [0.5, 0.6) is 5.75 Å². The molecule has 0 atom stereocenters. The minimum Gasteiger partial charge on any atom is -0.493 e. The number of hydrogen-bond acceptors (Lipinski definition) is 4. The topological polar surface area (TPSA) is 44.8 Å². The van der Waals surface area contributed by atoms with Gasteiger partial charge in [0.05, 0.1) is 18.8 Å². The molecule has 0 aliphatic heterocycles. The Morgan fingerprint density at radius 2 is 1.88 bits per heavy atom. The van der Waals surface area contributed by atoms with Crippen molar-refractivity contribution in [2.75, 3.05) is 20.3 Å². The molecule has 4 heteroatoms. The van der Waals surface area contributed by atoms with E-state index >= 15 is 0 Å². The van der Waals surface area contributed by atoms with Crippen LogP contribution < -0.4 is 4.74 Å². The first-order chi connectivity index (χ1) is 11.4. The Kier molecular flexibility index (Phi) is 8.55. The van der Waals surface area contributed by atoms with E-state index in [9.17, 15) is 4.79 Å². The summed E-state index contributed by atoms with van der Waals surface area (Å²) in [6, 6.07) is 8.10. The zero-order chi connectivity index (χ0) is 18.0. The van der Waals surface area contributed by atoms with Crippen LogP contribution in [0.1, 0.15) is 46.1 Å². The Bertz CT molecular complexity index is 529. The molecule has 0 spiro atoms. The molecule has 0 N–H and O–H groups in total. The van der Waals surface area contributed by atoms with E-state index in [-0.39, 0.29) is 11.6 Å². The van der Waals surface area contributed by atoms with Crippen molar-refractivity contribution in [1.82, 2.24) is 0 Å². The fourth-order valence-electron chi connectivity index (χ4n) is 2.07. The summed E-state index contributed by atoms with van der Waals surface area (Å²) in [5.41, 5.74) is 2.08. The zero-order valence-electron chi connectivity index (χ0n) is 15.6. The molecule has 24 heavy (non-hydrogen) atoms. The van der Waals surface area contributed by atoms with Gasteiger partial charge in [-0.3, -0.25) is 0 Å². The normalized spacial score (nSPS) is 12.1. The maximum absolute atomic E-state index is 11.4. The van der Waals surface area contributed by atoms with Crippen molar-refractivity contribution < 1.29 is 19.0 Å². The molecule has 0 bridgehead atoms. The van der Waals surface area contributed by atoms with Gasteiger partial charge in [0.15, 0.2) is 0 Å². The number of methoxy groups -OCH3 is 1. The molecule has 0 fully saturated rings. The molecule has 0 aromatic heterocycles. The van der Waals surface area contributed by atoms with E-state index in [4.69, 9.17) is 14.2 Å². The molecule has 0 saturated heterocycles. The predicted octanol–water partition coefficient (Wildman–Crippen LogP) is 4.32. The molecule has 1 rings (SSSR count). The third kappa shape index (κ3) is 8.16. The number of rotatable bonds is 10. The lowest BCUT2D eigenvalue weighted by molar-refractivity contribution is -0.137. The number of aryl methyl sites for hydroxylation is 1. The summed E-state index contributed by atoms with van der Waals surface area (Å²) in [7, 11) is 1.72. The molecular formula is C20H30O4. The fraction of sp³-hybridized carbons (Fsp3) is 0.550. The highest BCUT2D eigenvalue weighted by Crippen LogP contribution is 2.17. The first-order valence-corrected chi connectivity index (χ1v) is 8.47. The Morgan fingerprint density at radius 1 is 1.21 bits per heavy atom. The standard InChI is InChI=1S/C20H30O4/c1-6-23-19(21)15-16(2)7-8-17-9-11-18(12-10-17)24-14-13-20(3,4)22-5/h9-12,15H,6-8,13-14H2,1-5H3. The molecule has 1 aromatic rings. The largest absolute Gasteiger partial charge is 0.493 e. The van der Waals surface area contributed by atoms with Crippen molar-refractivity contribution in [3.05, 3.63) is 41.5 Å². The fourth-order valence-corrected chi connectivity index (χ4v) is 2.07. The van der Waals surface area contributed by atoms with Crippen LogP contribution >= 0.6 is 0 Å². The molecule has 0 heterocycles. The van der Waals surface area contributed by atoms with Crippen LogP contribution in [0, 0.1) is 0 Å². The van der Waals surface area contributed by atoms with Crippen molar-refractivity contribution in [2.24, 2.45) is 0 Å². The number of carbonyl (C=O) groups is 1. The Morgan fingerprint density at radius 3 is 2.46 bits per heavy atom. The lowest BCUT2D eigenvalue weighted by Crippen LogP contribution is -2.25. The molecule has 0 unspecified atom stereocenters. The number of ether oxygens (including phenoxy) is 3. The first-order valence-electron chi connectivity index (χ1n) is 8.47. The van der Waals surface area contributed by atoms with Gasteiger partial charge in [-0.05, 0) is 58.2 Å². The number of esters is 1. The van der Waals surface area contributed by atoms with Crippen LogP contribution in [0.2, 0.25) is 0 Å². The van der Waals surface area contributed by atoms with Crippen LogP contribution in [-0.2, 0) is 20.7 Å². The second kappa shape index (κ2) is 10.1. The van der Waals surface area contributed by atoms with E-state index in [0.717, 1.165) is 30.6 Å². The maximum atomic E-state index is 11.4. The SMILES string of the molecule is CCOC(=O)C=C(C)CCc1ccc(OCCC(C)(C)OC)cc1. The van der Waals surface area contributed by atoms with Crippen LogP contribution in [0.15, 0.2) is 35.9 Å². The van der Waals surface area contributed by atoms with Crippen molar-refractivity contribution >= 4 is 5.97 Å². The third-order valence-corrected chi connectivity index (χ3v) is 3.91. The van der Waals surface area contributed by atoms with E-state index in [1.165, 1.54) is 5.56 Å². The third-order valence-electron chi connectivity index (χ3n) is 3.91. The average Bonchev–Trinajstić information content (AvgIpc) is 2.54. The highest BCUT2D eigenvalue weighted by Gasteiger charge is 2.15. The van der Waals surface area contributed by atoms with Gasteiger partial charge < -0.3 is 14.2 Å². The second-order valence-electron chi connectivity index (χ2n) is 6.45. The van der Waals surface area contributed by atoms with Crippen molar-refractivity contribution in [3.63, 3.8) is 0 Å². The molecule has 0 aliphatic carbocycles. The molecular weight excluding hydrogens is 304 g/mol. The minimum atomic E-state index is -0.266. The molecule has 0 amide bonds. The van der Waals surface area contributed by atoms with E-state index in [1.54, 1.807) is 20.1 Å². The number of hydrogen-bond donors (Lipinski definition) is 0. The summed E-state index contributed by atoms with van der Waals surface area (Å²) in [6.07, 6.45) is 4.13. The molecule has 0 aliphatic rings. The summed E-state index contributed by atoms with van der Waals surface area (Å²) in [5.74, 6) is 0.599. The summed E-state index contributed by atoms with van der Waals surface area (Å²) < 4.78 is 16.0. The quantitative estimate of drug-likeness (QED) is 0.472. The molecule has 1 aromatic carbocycles. The van der Waals surface area contributed by atoms with Crippen LogP contribution in [0.25, 0.3) is 0 Å². The molecule has 4 nitrogen and oxygen atoms in total. The van der Waals surface area contributed by atoms with Gasteiger partial charge in [0.2, 0.25) is 0 Å². The number of benzene rings is 1. The van der Waals surface area contributed by atoms with Crippen LogP contribution in [0.4, 0.5) is 0 Å². The van der Waals surface area contributed by atoms with Gasteiger partial charge in [0, 0.05) is 19.6 Å². The van der Waals surface area contributed by atoms with Gasteiger partial charge in [-0.2, -0.15) is 0 Å². The predicted molar refractivity (Wildman–Crippen MR) is 96.4 cm³/mol. The van der Waals surface area contributed by atoms with Crippen molar-refractivity contribution in [2.45, 2.75) is 52.6 Å². The average molecular weight is 334 g/mol. The van der Waals surface area contributed by atoms with E-state index in [2.05, 4.69) is 12.1 Å². The van der Waals surface area contributed by atoms with E-state index in [0.29, 0.717) is 13.2 Å².